The molecule has 3 aromatic heterocycles. The summed E-state index contributed by atoms with van der Waals surface area (Å²) in [4.78, 5) is 24.3. The Morgan fingerprint density at radius 2 is 2.24 bits per heavy atom. The van der Waals surface area contributed by atoms with Crippen LogP contribution in [0.2, 0.25) is 0 Å². The largest absolute Gasteiger partial charge is 0.355 e. The molecule has 0 atom stereocenters. The van der Waals surface area contributed by atoms with Gasteiger partial charge in [-0.3, -0.25) is 9.78 Å². The van der Waals surface area contributed by atoms with Crippen LogP contribution in [-0.2, 0) is 6.54 Å². The number of nitrogens with zero attached hydrogens (tertiary/aromatic N) is 2. The predicted molar refractivity (Wildman–Crippen MR) is 65.4 cm³/mol. The van der Waals surface area contributed by atoms with Crippen LogP contribution in [0.25, 0.3) is 11.0 Å². The first-order valence-corrected chi connectivity index (χ1v) is 5.45. The lowest BCUT2D eigenvalue weighted by Gasteiger charge is -2.06. The van der Waals surface area contributed by atoms with Gasteiger partial charge in [-0.1, -0.05) is 0 Å². The molecule has 3 heterocycles. The third kappa shape index (κ3) is 1.60. The summed E-state index contributed by atoms with van der Waals surface area (Å²) in [6.07, 6.45) is 5.14. The summed E-state index contributed by atoms with van der Waals surface area (Å²) in [6, 6.07) is 1.82. The SMILES string of the molecule is O=c1[nH]c(=S)n(Cc2ncc[nH]2)c2cc[nH]c12. The number of nitrogens with one attached hydrogen (secondary N) is 3. The van der Waals surface area contributed by atoms with Gasteiger partial charge in [0.15, 0.2) is 4.77 Å². The Morgan fingerprint density at radius 3 is 3.00 bits per heavy atom. The van der Waals surface area contributed by atoms with Gasteiger partial charge in [-0.05, 0) is 18.3 Å². The van der Waals surface area contributed by atoms with Crippen molar-refractivity contribution >= 4 is 23.3 Å². The first kappa shape index (κ1) is 10.0. The monoisotopic (exact) mass is 247 g/mol. The van der Waals surface area contributed by atoms with Crippen LogP contribution >= 0.6 is 12.2 Å². The highest BCUT2D eigenvalue weighted by Gasteiger charge is 2.07. The zero-order valence-electron chi connectivity index (χ0n) is 8.73. The summed E-state index contributed by atoms with van der Waals surface area (Å²) in [5, 5.41) is 0. The smallest absolute Gasteiger partial charge is 0.276 e. The molecule has 86 valence electrons. The first-order valence-electron chi connectivity index (χ1n) is 5.04. The van der Waals surface area contributed by atoms with Crippen molar-refractivity contribution in [2.75, 3.05) is 0 Å². The number of fused-ring (bicyclic) bond motifs is 1. The van der Waals surface area contributed by atoms with Crippen molar-refractivity contribution in [3.8, 4) is 0 Å². The molecule has 0 amide bonds. The summed E-state index contributed by atoms with van der Waals surface area (Å²) in [7, 11) is 0. The highest BCUT2D eigenvalue weighted by Crippen LogP contribution is 2.09. The minimum absolute atomic E-state index is 0.203. The maximum atomic E-state index is 11.6. The van der Waals surface area contributed by atoms with Gasteiger partial charge < -0.3 is 14.5 Å². The quantitative estimate of drug-likeness (QED) is 0.594. The fourth-order valence-electron chi connectivity index (χ4n) is 1.80. The third-order valence-electron chi connectivity index (χ3n) is 2.57. The molecule has 6 nitrogen and oxygen atoms in total. The van der Waals surface area contributed by atoms with E-state index in [0.29, 0.717) is 16.8 Å². The second kappa shape index (κ2) is 3.70. The Balaban J connectivity index is 2.25. The molecule has 3 rings (SSSR count). The molecule has 0 spiro atoms. The highest BCUT2D eigenvalue weighted by atomic mass is 32.1. The van der Waals surface area contributed by atoms with Gasteiger partial charge in [-0.2, -0.15) is 0 Å². The summed E-state index contributed by atoms with van der Waals surface area (Å²) in [5.74, 6) is 0.788. The average molecular weight is 247 g/mol. The number of imidazole rings is 1. The van der Waals surface area contributed by atoms with Crippen molar-refractivity contribution in [2.45, 2.75) is 6.54 Å². The molecule has 0 aliphatic heterocycles. The lowest BCUT2D eigenvalue weighted by Crippen LogP contribution is -2.15. The number of aromatic nitrogens is 5. The van der Waals surface area contributed by atoms with Gasteiger partial charge in [0.2, 0.25) is 0 Å². The zero-order chi connectivity index (χ0) is 11.8. The fourth-order valence-corrected chi connectivity index (χ4v) is 2.05. The van der Waals surface area contributed by atoms with E-state index >= 15 is 0 Å². The summed E-state index contributed by atoms with van der Waals surface area (Å²) >= 11 is 5.16. The van der Waals surface area contributed by atoms with Gasteiger partial charge in [-0.25, -0.2) is 4.98 Å². The highest BCUT2D eigenvalue weighted by molar-refractivity contribution is 7.71. The van der Waals surface area contributed by atoms with Crippen molar-refractivity contribution in [3.05, 3.63) is 45.6 Å². The van der Waals surface area contributed by atoms with Crippen LogP contribution < -0.4 is 5.56 Å². The van der Waals surface area contributed by atoms with Crippen LogP contribution in [0.5, 0.6) is 0 Å². The molecule has 0 saturated carbocycles. The normalized spacial score (nSPS) is 11.1. The topological polar surface area (TPSA) is 82.3 Å². The maximum Gasteiger partial charge on any atom is 0.276 e. The van der Waals surface area contributed by atoms with Crippen molar-refractivity contribution in [1.29, 1.82) is 0 Å². The Hall–Kier alpha value is -2.15. The van der Waals surface area contributed by atoms with Crippen molar-refractivity contribution in [2.24, 2.45) is 0 Å². The molecule has 3 N–H and O–H groups in total. The minimum Gasteiger partial charge on any atom is -0.355 e. The number of hydrogen-bond acceptors (Lipinski definition) is 3. The molecule has 0 aromatic carbocycles. The van der Waals surface area contributed by atoms with E-state index < -0.39 is 0 Å². The van der Waals surface area contributed by atoms with Crippen LogP contribution in [0.3, 0.4) is 0 Å². The van der Waals surface area contributed by atoms with Crippen molar-refractivity contribution < 1.29 is 0 Å². The molecule has 0 fully saturated rings. The molecular formula is C10H9N5OS. The predicted octanol–water partition coefficient (Wildman–Crippen LogP) is 1.16. The van der Waals surface area contributed by atoms with Crippen LogP contribution in [0.1, 0.15) is 5.82 Å². The first-order chi connectivity index (χ1) is 8.25. The van der Waals surface area contributed by atoms with E-state index in [1.807, 2.05) is 10.6 Å². The Kier molecular flexibility index (Phi) is 2.19. The number of H-pyrrole nitrogens is 3. The lowest BCUT2D eigenvalue weighted by atomic mass is 10.4. The summed E-state index contributed by atoms with van der Waals surface area (Å²) in [6.45, 7) is 0.497. The third-order valence-corrected chi connectivity index (χ3v) is 2.89. The van der Waals surface area contributed by atoms with Gasteiger partial charge in [0, 0.05) is 18.6 Å². The van der Waals surface area contributed by atoms with Crippen molar-refractivity contribution in [1.82, 2.24) is 24.5 Å². The molecule has 0 bridgehead atoms. The molecule has 0 aliphatic carbocycles. The molecule has 0 unspecified atom stereocenters. The molecule has 17 heavy (non-hydrogen) atoms. The zero-order valence-corrected chi connectivity index (χ0v) is 9.54. The Labute approximate surface area is 100 Å². The maximum absolute atomic E-state index is 11.6. The van der Waals surface area contributed by atoms with Gasteiger partial charge in [0.25, 0.3) is 5.56 Å². The Bertz CT molecular complexity index is 764. The summed E-state index contributed by atoms with van der Waals surface area (Å²) < 4.78 is 2.21. The number of rotatable bonds is 2. The van der Waals surface area contributed by atoms with Gasteiger partial charge in [0.05, 0.1) is 12.1 Å². The lowest BCUT2D eigenvalue weighted by molar-refractivity contribution is 0.745. The number of hydrogen-bond donors (Lipinski definition) is 3. The van der Waals surface area contributed by atoms with Gasteiger partial charge in [-0.15, -0.1) is 0 Å². The van der Waals surface area contributed by atoms with Gasteiger partial charge >= 0.3 is 0 Å². The van der Waals surface area contributed by atoms with Crippen LogP contribution in [-0.4, -0.2) is 24.5 Å². The van der Waals surface area contributed by atoms with Crippen LogP contribution in [0, 0.1) is 4.77 Å². The van der Waals surface area contributed by atoms with E-state index in [2.05, 4.69) is 19.9 Å². The van der Waals surface area contributed by atoms with Crippen LogP contribution in [0.15, 0.2) is 29.5 Å². The number of aromatic amines is 3. The second-order valence-electron chi connectivity index (χ2n) is 3.62. The molecular weight excluding hydrogens is 238 g/mol. The van der Waals surface area contributed by atoms with E-state index in [-0.39, 0.29) is 5.56 Å². The average Bonchev–Trinajstić information content (AvgIpc) is 2.95. The second-order valence-corrected chi connectivity index (χ2v) is 4.01. The molecule has 7 heteroatoms. The van der Waals surface area contributed by atoms with E-state index in [1.54, 1.807) is 18.6 Å². The van der Waals surface area contributed by atoms with E-state index in [0.717, 1.165) is 11.3 Å². The minimum atomic E-state index is -0.203. The molecule has 0 radical (unpaired) electrons. The molecule has 0 saturated heterocycles. The van der Waals surface area contributed by atoms with Gasteiger partial charge in [0.1, 0.15) is 11.3 Å². The summed E-state index contributed by atoms with van der Waals surface area (Å²) in [5.41, 5.74) is 1.09. The van der Waals surface area contributed by atoms with E-state index in [9.17, 15) is 4.79 Å². The Morgan fingerprint density at radius 1 is 1.35 bits per heavy atom. The van der Waals surface area contributed by atoms with E-state index in [4.69, 9.17) is 12.2 Å². The van der Waals surface area contributed by atoms with Crippen LogP contribution in [0.4, 0.5) is 0 Å². The van der Waals surface area contributed by atoms with Crippen molar-refractivity contribution in [3.63, 3.8) is 0 Å². The standard InChI is InChI=1S/C10H9N5OS/c16-9-8-6(1-2-13-8)15(10(17)14-9)5-7-11-3-4-12-7/h1-4,13H,5H2,(H,11,12)(H,14,16,17). The fraction of sp³-hybridized carbons (Fsp3) is 0.100. The molecule has 0 aliphatic rings. The molecule has 3 aromatic rings. The van der Waals surface area contributed by atoms with E-state index in [1.165, 1.54) is 0 Å².